The number of ether oxygens (including phenoxy) is 1. The van der Waals surface area contributed by atoms with Gasteiger partial charge in [0.15, 0.2) is 6.79 Å². The van der Waals surface area contributed by atoms with Gasteiger partial charge in [-0.05, 0) is 41.7 Å². The molecule has 1 saturated carbocycles. The van der Waals surface area contributed by atoms with Crippen LogP contribution in [0, 0.1) is 5.92 Å². The molecule has 2 rings (SSSR count). The molecule has 0 aliphatic heterocycles. The second-order valence-corrected chi connectivity index (χ2v) is 6.37. The molecule has 0 bridgehead atoms. The largest absolute Gasteiger partial charge is 1.00 e. The maximum Gasteiger partial charge on any atom is 1.00 e. The zero-order chi connectivity index (χ0) is 14.7. The maximum absolute atomic E-state index is 10.5. The first-order valence-corrected chi connectivity index (χ1v) is 8.13. The second kappa shape index (κ2) is 11.0. The predicted octanol–water partition coefficient (Wildman–Crippen LogP) is -3.37. The molecule has 0 radical (unpaired) electrons. The van der Waals surface area contributed by atoms with Crippen LogP contribution in [0.5, 0.6) is 5.75 Å². The number of benzene rings is 1. The average Bonchev–Trinajstić information content (AvgIpc) is 3.21. The van der Waals surface area contributed by atoms with Crippen LogP contribution in [-0.4, -0.2) is 6.79 Å². The Labute approximate surface area is 178 Å². The topological polar surface area (TPSA) is 64.6 Å². The monoisotopic (exact) mass is 342 g/mol. The van der Waals surface area contributed by atoms with Gasteiger partial charge in [0, 0.05) is 0 Å². The van der Waals surface area contributed by atoms with Crippen LogP contribution in [0.2, 0.25) is 0 Å². The summed E-state index contributed by atoms with van der Waals surface area (Å²) in [6, 6.07) is 6.15. The summed E-state index contributed by atoms with van der Waals surface area (Å²) in [5.74, 6) is 2.26. The zero-order valence-electron chi connectivity index (χ0n) is 14.2. The van der Waals surface area contributed by atoms with Crippen LogP contribution in [-0.2, 0) is 4.52 Å². The van der Waals surface area contributed by atoms with Crippen LogP contribution < -0.4 is 73.6 Å². The van der Waals surface area contributed by atoms with Gasteiger partial charge in [-0.3, -0.25) is 0 Å². The van der Waals surface area contributed by atoms with Crippen LogP contribution in [0.1, 0.15) is 56.6 Å². The van der Waals surface area contributed by atoms with E-state index in [9.17, 15) is 9.79 Å². The first-order valence-electron chi connectivity index (χ1n) is 7.03. The number of para-hydroxylation sites is 1. The number of hydrogen-bond acceptors (Lipinski definition) is 4. The molecule has 1 aliphatic carbocycles. The molecular weight excluding hydrogens is 321 g/mol. The summed E-state index contributed by atoms with van der Waals surface area (Å²) in [4.78, 5) is 21.0. The molecule has 1 aromatic carbocycles. The van der Waals surface area contributed by atoms with Crippen molar-refractivity contribution in [3.05, 3.63) is 29.3 Å². The first kappa shape index (κ1) is 23.3. The van der Waals surface area contributed by atoms with Gasteiger partial charge in [-0.25, -0.2) is 0 Å². The molecule has 0 N–H and O–H groups in total. The third-order valence-corrected chi connectivity index (χ3v) is 4.20. The van der Waals surface area contributed by atoms with Crippen LogP contribution in [0.15, 0.2) is 18.2 Å². The molecule has 0 unspecified atom stereocenters. The smallest absolute Gasteiger partial charge is 0.820 e. The Morgan fingerprint density at radius 1 is 1.14 bits per heavy atom. The summed E-state index contributed by atoms with van der Waals surface area (Å²) < 4.78 is 10.2. The van der Waals surface area contributed by atoms with Gasteiger partial charge in [-0.15, -0.1) is 0 Å². The van der Waals surface area contributed by atoms with Gasteiger partial charge in [-0.1, -0.05) is 39.0 Å². The summed E-state index contributed by atoms with van der Waals surface area (Å²) in [6.07, 6.45) is 2.52. The summed E-state index contributed by atoms with van der Waals surface area (Å²) in [5.41, 5.74) is 2.25. The predicted molar refractivity (Wildman–Crippen MR) is 75.2 cm³/mol. The van der Waals surface area contributed by atoms with Gasteiger partial charge < -0.3 is 19.0 Å². The maximum atomic E-state index is 10.5. The molecule has 0 aromatic heterocycles. The summed E-state index contributed by atoms with van der Waals surface area (Å²) in [7, 11) is -2.87. The summed E-state index contributed by atoms with van der Waals surface area (Å²) in [6.45, 7) is 6.15. The molecule has 4 nitrogen and oxygen atoms in total. The minimum absolute atomic E-state index is 0. The van der Waals surface area contributed by atoms with Crippen molar-refractivity contribution in [3.63, 3.8) is 0 Å². The standard InChI is InChI=1S/C15H21O4P.2Na/c1-10(2)13-5-4-6-14(11(3)12-7-8-12)15(13)18-9-19-20(16)17;;/h4-6,10-12H,7-9H2,1-3H3;;/q-2;2*+1/t11-;;/m1../s1. The van der Waals surface area contributed by atoms with Crippen molar-refractivity contribution >= 4 is 8.60 Å². The van der Waals surface area contributed by atoms with Crippen molar-refractivity contribution in [3.8, 4) is 5.75 Å². The van der Waals surface area contributed by atoms with Crippen LogP contribution >= 0.6 is 8.60 Å². The van der Waals surface area contributed by atoms with E-state index in [0.29, 0.717) is 11.8 Å². The first-order chi connectivity index (χ1) is 9.50. The van der Waals surface area contributed by atoms with Crippen molar-refractivity contribution in [1.82, 2.24) is 0 Å². The molecule has 1 fully saturated rings. The van der Waals surface area contributed by atoms with Crippen molar-refractivity contribution in [2.45, 2.75) is 45.4 Å². The van der Waals surface area contributed by atoms with E-state index in [1.165, 1.54) is 12.8 Å². The van der Waals surface area contributed by atoms with E-state index in [-0.39, 0.29) is 65.9 Å². The van der Waals surface area contributed by atoms with E-state index >= 15 is 0 Å². The molecule has 0 heterocycles. The SMILES string of the molecule is CC(C)c1cccc([C@H](C)C2CC2)c1OCOP([O-])[O-].[Na+].[Na+]. The van der Waals surface area contributed by atoms with Gasteiger partial charge in [-0.2, -0.15) is 8.60 Å². The van der Waals surface area contributed by atoms with Crippen LogP contribution in [0.25, 0.3) is 0 Å². The second-order valence-electron chi connectivity index (χ2n) is 5.66. The Morgan fingerprint density at radius 3 is 2.23 bits per heavy atom. The fraction of sp³-hybridized carbons (Fsp3) is 0.600. The average molecular weight is 342 g/mol. The minimum atomic E-state index is -2.87. The third kappa shape index (κ3) is 6.68. The van der Waals surface area contributed by atoms with Crippen molar-refractivity contribution in [2.24, 2.45) is 5.92 Å². The van der Waals surface area contributed by atoms with E-state index in [1.54, 1.807) is 0 Å². The minimum Gasteiger partial charge on any atom is -0.820 e. The van der Waals surface area contributed by atoms with Crippen molar-refractivity contribution in [1.29, 1.82) is 0 Å². The Kier molecular flexibility index (Phi) is 11.7. The van der Waals surface area contributed by atoms with Gasteiger partial charge in [0.2, 0.25) is 0 Å². The quantitative estimate of drug-likeness (QED) is 0.295. The Balaban J connectivity index is 0.00000220. The molecule has 1 atom stereocenters. The molecule has 0 saturated heterocycles. The van der Waals surface area contributed by atoms with E-state index in [0.717, 1.165) is 22.8 Å². The normalized spacial score (nSPS) is 15.2. The number of hydrogen-bond donors (Lipinski definition) is 0. The molecule has 0 spiro atoms. The molecule has 7 heteroatoms. The Bertz CT molecular complexity index is 453. The Hall–Kier alpha value is 1.33. The van der Waals surface area contributed by atoms with E-state index < -0.39 is 8.60 Å². The molecule has 22 heavy (non-hydrogen) atoms. The fourth-order valence-corrected chi connectivity index (χ4v) is 2.67. The van der Waals surface area contributed by atoms with E-state index in [4.69, 9.17) is 4.74 Å². The molecule has 1 aliphatic rings. The Morgan fingerprint density at radius 2 is 1.73 bits per heavy atom. The van der Waals surface area contributed by atoms with Gasteiger partial charge >= 0.3 is 59.1 Å². The number of rotatable bonds is 7. The van der Waals surface area contributed by atoms with E-state index in [2.05, 4.69) is 31.4 Å². The zero-order valence-corrected chi connectivity index (χ0v) is 19.1. The molecule has 1 aromatic rings. The van der Waals surface area contributed by atoms with Crippen molar-refractivity contribution in [2.75, 3.05) is 6.79 Å². The van der Waals surface area contributed by atoms with Gasteiger partial charge in [0.05, 0.1) is 0 Å². The molecular formula is C15H21Na2O4P. The van der Waals surface area contributed by atoms with E-state index in [1.807, 2.05) is 12.1 Å². The molecule has 0 amide bonds. The van der Waals surface area contributed by atoms with Crippen LogP contribution in [0.3, 0.4) is 0 Å². The summed E-state index contributed by atoms with van der Waals surface area (Å²) in [5, 5.41) is 0. The third-order valence-electron chi connectivity index (χ3n) is 3.88. The van der Waals surface area contributed by atoms with Gasteiger partial charge in [0.25, 0.3) is 0 Å². The van der Waals surface area contributed by atoms with Gasteiger partial charge in [0.1, 0.15) is 5.75 Å². The van der Waals surface area contributed by atoms with Crippen LogP contribution in [0.4, 0.5) is 0 Å². The molecule has 112 valence electrons. The fourth-order valence-electron chi connectivity index (χ4n) is 2.53. The summed E-state index contributed by atoms with van der Waals surface area (Å²) >= 11 is 0. The van der Waals surface area contributed by atoms with Crippen molar-refractivity contribution < 1.29 is 78.2 Å².